The molecule has 1 aromatic heterocycles. The van der Waals surface area contributed by atoms with E-state index in [4.69, 9.17) is 5.11 Å². The number of amides is 3. The Balaban J connectivity index is 2.19. The summed E-state index contributed by atoms with van der Waals surface area (Å²) in [5.41, 5.74) is 0.769. The molecular formula is C14H14N6O5. The van der Waals surface area contributed by atoms with Gasteiger partial charge in [-0.05, 0) is 12.5 Å². The third kappa shape index (κ3) is 4.37. The predicted octanol–water partition coefficient (Wildman–Crippen LogP) is 2.45. The van der Waals surface area contributed by atoms with Crippen molar-refractivity contribution in [2.75, 3.05) is 22.6 Å². The van der Waals surface area contributed by atoms with Crippen molar-refractivity contribution in [1.29, 1.82) is 0 Å². The first-order valence-corrected chi connectivity index (χ1v) is 6.89. The highest BCUT2D eigenvalue weighted by atomic mass is 16.6. The quantitative estimate of drug-likeness (QED) is 0.568. The molecule has 0 radical (unpaired) electrons. The summed E-state index contributed by atoms with van der Waals surface area (Å²) in [7, 11) is 1.41. The van der Waals surface area contributed by atoms with Crippen LogP contribution in [0.4, 0.5) is 32.6 Å². The molecule has 0 aliphatic heterocycles. The number of carbonyl (C=O) groups excluding carboxylic acids is 1. The molecule has 1 heterocycles. The zero-order valence-electron chi connectivity index (χ0n) is 13.3. The largest absolute Gasteiger partial charge is 0.465 e. The summed E-state index contributed by atoms with van der Waals surface area (Å²) in [5.74, 6) is 0.142. The number of anilines is 3. The molecule has 0 aliphatic carbocycles. The fraction of sp³-hybridized carbons (Fsp3) is 0.143. The first-order chi connectivity index (χ1) is 11.8. The summed E-state index contributed by atoms with van der Waals surface area (Å²) in [5, 5.41) is 24.1. The first kappa shape index (κ1) is 17.6. The smallest absolute Gasteiger partial charge is 0.410 e. The van der Waals surface area contributed by atoms with E-state index in [1.807, 2.05) is 5.32 Å². The molecule has 0 saturated carbocycles. The Kier molecular flexibility index (Phi) is 5.07. The van der Waals surface area contributed by atoms with Gasteiger partial charge in [0, 0.05) is 25.2 Å². The number of nitro benzene ring substituents is 1. The van der Waals surface area contributed by atoms with Crippen LogP contribution in [0, 0.1) is 17.0 Å². The average molecular weight is 346 g/mol. The summed E-state index contributed by atoms with van der Waals surface area (Å²) in [6.45, 7) is 1.69. The van der Waals surface area contributed by atoms with E-state index in [1.54, 1.807) is 6.92 Å². The maximum absolute atomic E-state index is 12.3. The van der Waals surface area contributed by atoms with Gasteiger partial charge in [0.2, 0.25) is 0 Å². The number of nitrogens with zero attached hydrogens (tertiary/aromatic N) is 4. The van der Waals surface area contributed by atoms with Crippen LogP contribution in [0.5, 0.6) is 0 Å². The minimum absolute atomic E-state index is 0.00341. The van der Waals surface area contributed by atoms with Gasteiger partial charge >= 0.3 is 12.1 Å². The predicted molar refractivity (Wildman–Crippen MR) is 88.9 cm³/mol. The van der Waals surface area contributed by atoms with Crippen molar-refractivity contribution in [3.63, 3.8) is 0 Å². The average Bonchev–Trinajstić information content (AvgIpc) is 2.55. The van der Waals surface area contributed by atoms with Gasteiger partial charge < -0.3 is 10.4 Å². The number of aryl methyl sites for hydroxylation is 1. The van der Waals surface area contributed by atoms with Crippen molar-refractivity contribution in [2.45, 2.75) is 6.92 Å². The van der Waals surface area contributed by atoms with Crippen LogP contribution in [-0.4, -0.2) is 39.2 Å². The van der Waals surface area contributed by atoms with Crippen molar-refractivity contribution >= 4 is 35.1 Å². The van der Waals surface area contributed by atoms with Gasteiger partial charge in [0.15, 0.2) is 0 Å². The summed E-state index contributed by atoms with van der Waals surface area (Å²) in [6.07, 6.45) is -0.202. The summed E-state index contributed by atoms with van der Waals surface area (Å²) in [4.78, 5) is 42.0. The fourth-order valence-corrected chi connectivity index (χ4v) is 1.87. The molecule has 0 unspecified atom stereocenters. The summed E-state index contributed by atoms with van der Waals surface area (Å²) < 4.78 is 0. The molecule has 25 heavy (non-hydrogen) atoms. The monoisotopic (exact) mass is 346 g/mol. The highest BCUT2D eigenvalue weighted by Crippen LogP contribution is 2.23. The van der Waals surface area contributed by atoms with E-state index >= 15 is 0 Å². The first-order valence-electron chi connectivity index (χ1n) is 6.89. The molecule has 130 valence electrons. The molecule has 2 rings (SSSR count). The Bertz CT molecular complexity index is 840. The highest BCUT2D eigenvalue weighted by Gasteiger charge is 2.16. The minimum Gasteiger partial charge on any atom is -0.465 e. The molecule has 0 saturated heterocycles. The molecule has 0 aliphatic rings. The van der Waals surface area contributed by atoms with Gasteiger partial charge in [0.05, 0.1) is 10.6 Å². The number of nitro groups is 1. The van der Waals surface area contributed by atoms with Crippen molar-refractivity contribution in [1.82, 2.24) is 9.97 Å². The lowest BCUT2D eigenvalue weighted by atomic mass is 10.2. The van der Waals surface area contributed by atoms with Gasteiger partial charge in [-0.1, -0.05) is 6.07 Å². The van der Waals surface area contributed by atoms with Crippen molar-refractivity contribution in [3.05, 3.63) is 46.3 Å². The normalized spacial score (nSPS) is 10.0. The molecule has 11 nitrogen and oxygen atoms in total. The Hall–Kier alpha value is -3.76. The molecule has 1 aromatic carbocycles. The number of carbonyl (C=O) groups is 2. The second-order valence-electron chi connectivity index (χ2n) is 4.94. The van der Waals surface area contributed by atoms with Crippen LogP contribution in [0.25, 0.3) is 0 Å². The van der Waals surface area contributed by atoms with Crippen LogP contribution in [0.3, 0.4) is 0 Å². The molecule has 11 heteroatoms. The SMILES string of the molecule is Cc1ccc([N+](=O)[O-])cc1NC(=O)N(C)c1cc(NC(=O)O)ncn1. The number of urea groups is 1. The standard InChI is InChI=1S/C14H14N6O5/c1-8-3-4-9(20(24)25)5-10(8)17-13(21)19(2)12-6-11(15-7-16-12)18-14(22)23/h3-7H,1-2H3,(H,17,21)(H,22,23)(H,15,16,18). The van der Waals surface area contributed by atoms with Crippen LogP contribution in [0.2, 0.25) is 0 Å². The molecular weight excluding hydrogens is 332 g/mol. The van der Waals surface area contributed by atoms with Crippen molar-refractivity contribution in [2.24, 2.45) is 0 Å². The van der Waals surface area contributed by atoms with Gasteiger partial charge in [-0.15, -0.1) is 0 Å². The van der Waals surface area contributed by atoms with Crippen LogP contribution >= 0.6 is 0 Å². The molecule has 2 aromatic rings. The number of benzene rings is 1. The maximum atomic E-state index is 12.3. The Morgan fingerprint density at radius 1 is 1.24 bits per heavy atom. The van der Waals surface area contributed by atoms with Gasteiger partial charge in [-0.25, -0.2) is 19.6 Å². The minimum atomic E-state index is -1.30. The van der Waals surface area contributed by atoms with E-state index in [-0.39, 0.29) is 23.0 Å². The molecule has 0 fully saturated rings. The van der Waals surface area contributed by atoms with Crippen LogP contribution < -0.4 is 15.5 Å². The second-order valence-corrected chi connectivity index (χ2v) is 4.94. The molecule has 0 atom stereocenters. The topological polar surface area (TPSA) is 151 Å². The third-order valence-corrected chi connectivity index (χ3v) is 3.21. The fourth-order valence-electron chi connectivity index (χ4n) is 1.87. The van der Waals surface area contributed by atoms with E-state index in [0.29, 0.717) is 5.56 Å². The maximum Gasteiger partial charge on any atom is 0.410 e. The van der Waals surface area contributed by atoms with E-state index in [0.717, 1.165) is 11.2 Å². The van der Waals surface area contributed by atoms with Crippen molar-refractivity contribution < 1.29 is 19.6 Å². The zero-order chi connectivity index (χ0) is 18.6. The van der Waals surface area contributed by atoms with E-state index in [1.165, 1.54) is 31.3 Å². The van der Waals surface area contributed by atoms with Gasteiger partial charge in [-0.3, -0.25) is 20.3 Å². The lowest BCUT2D eigenvalue weighted by molar-refractivity contribution is -0.384. The Morgan fingerprint density at radius 3 is 2.60 bits per heavy atom. The Morgan fingerprint density at radius 2 is 1.96 bits per heavy atom. The van der Waals surface area contributed by atoms with Crippen LogP contribution in [0.1, 0.15) is 5.56 Å². The van der Waals surface area contributed by atoms with E-state index in [2.05, 4.69) is 15.3 Å². The molecule has 0 bridgehead atoms. The number of aromatic nitrogens is 2. The molecule has 3 amide bonds. The Labute approximate surface area is 141 Å². The van der Waals surface area contributed by atoms with Gasteiger partial charge in [0.1, 0.15) is 18.0 Å². The number of hydrogen-bond acceptors (Lipinski definition) is 6. The van der Waals surface area contributed by atoms with Gasteiger partial charge in [-0.2, -0.15) is 0 Å². The second kappa shape index (κ2) is 7.21. The highest BCUT2D eigenvalue weighted by molar-refractivity contribution is 6.01. The van der Waals surface area contributed by atoms with Gasteiger partial charge in [0.25, 0.3) is 5.69 Å². The summed E-state index contributed by atoms with van der Waals surface area (Å²) >= 11 is 0. The zero-order valence-corrected chi connectivity index (χ0v) is 13.3. The lowest BCUT2D eigenvalue weighted by Gasteiger charge is -2.18. The van der Waals surface area contributed by atoms with Crippen LogP contribution in [-0.2, 0) is 0 Å². The van der Waals surface area contributed by atoms with E-state index < -0.39 is 17.0 Å². The number of non-ortho nitro benzene ring substituents is 1. The molecule has 0 spiro atoms. The number of rotatable bonds is 4. The number of carboxylic acid groups (broad SMARTS) is 1. The lowest BCUT2D eigenvalue weighted by Crippen LogP contribution is -2.32. The summed E-state index contributed by atoms with van der Waals surface area (Å²) in [6, 6.07) is 4.77. The van der Waals surface area contributed by atoms with E-state index in [9.17, 15) is 19.7 Å². The molecule has 3 N–H and O–H groups in total. The number of nitrogens with one attached hydrogen (secondary N) is 2. The third-order valence-electron chi connectivity index (χ3n) is 3.21. The van der Waals surface area contributed by atoms with Crippen LogP contribution in [0.15, 0.2) is 30.6 Å². The number of hydrogen-bond donors (Lipinski definition) is 3. The van der Waals surface area contributed by atoms with Crippen molar-refractivity contribution in [3.8, 4) is 0 Å².